The molecular formula is C16H19N5O3. The smallest absolute Gasteiger partial charge is 0.276 e. The highest BCUT2D eigenvalue weighted by Gasteiger charge is 2.39. The number of hydrogen-bond acceptors (Lipinski definition) is 6. The van der Waals surface area contributed by atoms with Gasteiger partial charge >= 0.3 is 0 Å². The fourth-order valence-electron chi connectivity index (χ4n) is 4.07. The molecule has 8 nitrogen and oxygen atoms in total. The van der Waals surface area contributed by atoms with Gasteiger partial charge in [0.2, 0.25) is 0 Å². The molecule has 126 valence electrons. The van der Waals surface area contributed by atoms with Crippen molar-refractivity contribution in [2.45, 2.75) is 50.9 Å². The zero-order valence-corrected chi connectivity index (χ0v) is 13.3. The van der Waals surface area contributed by atoms with E-state index in [1.807, 2.05) is 9.58 Å². The second kappa shape index (κ2) is 5.41. The molecule has 3 aliphatic rings. The first-order chi connectivity index (χ1) is 11.8. The zero-order chi connectivity index (χ0) is 16.1. The van der Waals surface area contributed by atoms with Gasteiger partial charge in [0.05, 0.1) is 30.6 Å². The molecule has 2 atom stereocenters. The van der Waals surface area contributed by atoms with E-state index in [0.717, 1.165) is 49.1 Å². The zero-order valence-electron chi connectivity index (χ0n) is 13.3. The minimum absolute atomic E-state index is 0.0247. The maximum absolute atomic E-state index is 13.0. The van der Waals surface area contributed by atoms with E-state index in [0.29, 0.717) is 25.4 Å². The number of aromatic nitrogens is 4. The summed E-state index contributed by atoms with van der Waals surface area (Å²) in [4.78, 5) is 14.8. The summed E-state index contributed by atoms with van der Waals surface area (Å²) in [5.74, 6) is 0.853. The number of fused-ring (bicyclic) bond motifs is 4. The molecule has 24 heavy (non-hydrogen) atoms. The average Bonchev–Trinajstić information content (AvgIpc) is 3.27. The van der Waals surface area contributed by atoms with Crippen molar-refractivity contribution in [2.75, 3.05) is 13.1 Å². The van der Waals surface area contributed by atoms with Crippen LogP contribution in [0.15, 0.2) is 10.7 Å². The highest BCUT2D eigenvalue weighted by atomic mass is 16.5. The van der Waals surface area contributed by atoms with Crippen LogP contribution in [0.2, 0.25) is 0 Å². The van der Waals surface area contributed by atoms with Crippen molar-refractivity contribution in [1.29, 1.82) is 0 Å². The van der Waals surface area contributed by atoms with E-state index in [1.54, 1.807) is 6.20 Å². The van der Waals surface area contributed by atoms with Crippen LogP contribution in [0.1, 0.15) is 52.8 Å². The molecule has 8 heteroatoms. The molecule has 0 bridgehead atoms. The predicted molar refractivity (Wildman–Crippen MR) is 81.3 cm³/mol. The van der Waals surface area contributed by atoms with Gasteiger partial charge in [-0.3, -0.25) is 4.79 Å². The Labute approximate surface area is 138 Å². The van der Waals surface area contributed by atoms with Crippen molar-refractivity contribution in [3.05, 3.63) is 28.9 Å². The first-order valence-corrected chi connectivity index (χ1v) is 8.58. The number of aryl methyl sites for hydroxylation is 1. The lowest BCUT2D eigenvalue weighted by Gasteiger charge is -2.40. The van der Waals surface area contributed by atoms with Crippen LogP contribution in [-0.2, 0) is 24.2 Å². The van der Waals surface area contributed by atoms with E-state index >= 15 is 0 Å². The third-order valence-corrected chi connectivity index (χ3v) is 5.37. The summed E-state index contributed by atoms with van der Waals surface area (Å²) in [5, 5.41) is 12.2. The van der Waals surface area contributed by atoms with Crippen LogP contribution in [0.3, 0.4) is 0 Å². The molecule has 1 saturated heterocycles. The lowest BCUT2D eigenvalue weighted by atomic mass is 9.95. The van der Waals surface area contributed by atoms with Crippen LogP contribution >= 0.6 is 0 Å². The summed E-state index contributed by atoms with van der Waals surface area (Å²) in [6, 6.07) is 0.0247. The number of carbonyl (C=O) groups is 1. The monoisotopic (exact) mass is 329 g/mol. The molecule has 1 fully saturated rings. The lowest BCUT2D eigenvalue weighted by Crippen LogP contribution is -2.50. The molecule has 1 aliphatic carbocycles. The number of nitrogens with zero attached hydrogens (tertiary/aromatic N) is 5. The Hall–Kier alpha value is -2.22. The lowest BCUT2D eigenvalue weighted by molar-refractivity contribution is -0.0606. The summed E-state index contributed by atoms with van der Waals surface area (Å²) >= 11 is 0. The summed E-state index contributed by atoms with van der Waals surface area (Å²) < 4.78 is 13.2. The van der Waals surface area contributed by atoms with E-state index in [-0.39, 0.29) is 18.1 Å². The standard InChI is InChI=1S/C16H19N5O3/c22-16(15-11-3-1-2-4-13(11)24-18-15)20-6-5-14-12(8-20)21-10(9-23-14)7-17-19-21/h7,12,14H,1-6,8-9H2. The number of rotatable bonds is 1. The van der Waals surface area contributed by atoms with Crippen molar-refractivity contribution in [3.8, 4) is 0 Å². The normalized spacial score (nSPS) is 25.8. The van der Waals surface area contributed by atoms with Gasteiger partial charge in [0.15, 0.2) is 5.69 Å². The van der Waals surface area contributed by atoms with Crippen molar-refractivity contribution >= 4 is 5.91 Å². The Balaban J connectivity index is 1.41. The van der Waals surface area contributed by atoms with E-state index in [9.17, 15) is 4.79 Å². The first-order valence-electron chi connectivity index (χ1n) is 8.58. The first kappa shape index (κ1) is 14.2. The highest BCUT2D eigenvalue weighted by molar-refractivity contribution is 5.94. The second-order valence-corrected chi connectivity index (χ2v) is 6.77. The van der Waals surface area contributed by atoms with Gasteiger partial charge in [-0.15, -0.1) is 5.10 Å². The molecule has 2 unspecified atom stereocenters. The van der Waals surface area contributed by atoms with Crippen molar-refractivity contribution in [2.24, 2.45) is 0 Å². The SMILES string of the molecule is O=C(c1noc2c1CCCC2)N1CCC2OCc3cnnn3C2C1. The predicted octanol–water partition coefficient (Wildman–Crippen LogP) is 1.13. The summed E-state index contributed by atoms with van der Waals surface area (Å²) in [7, 11) is 0. The van der Waals surface area contributed by atoms with Gasteiger partial charge in [-0.1, -0.05) is 10.4 Å². The van der Waals surface area contributed by atoms with Gasteiger partial charge in [-0.25, -0.2) is 4.68 Å². The molecule has 0 radical (unpaired) electrons. The van der Waals surface area contributed by atoms with Crippen molar-refractivity contribution in [1.82, 2.24) is 25.1 Å². The quantitative estimate of drug-likeness (QED) is 0.779. The Morgan fingerprint density at radius 3 is 3.17 bits per heavy atom. The number of likely N-dealkylation sites (tertiary alicyclic amines) is 1. The molecule has 4 heterocycles. The molecular weight excluding hydrogens is 310 g/mol. The molecule has 2 aliphatic heterocycles. The Morgan fingerprint density at radius 2 is 2.21 bits per heavy atom. The van der Waals surface area contributed by atoms with Gasteiger partial charge < -0.3 is 14.2 Å². The third-order valence-electron chi connectivity index (χ3n) is 5.37. The van der Waals surface area contributed by atoms with Gasteiger partial charge in [-0.2, -0.15) is 0 Å². The maximum atomic E-state index is 13.0. The van der Waals surface area contributed by atoms with Crippen molar-refractivity contribution in [3.63, 3.8) is 0 Å². The number of hydrogen-bond donors (Lipinski definition) is 0. The Bertz CT molecular complexity index is 783. The Morgan fingerprint density at radius 1 is 1.29 bits per heavy atom. The van der Waals surface area contributed by atoms with Gasteiger partial charge in [-0.05, 0) is 25.7 Å². The molecule has 2 aromatic rings. The van der Waals surface area contributed by atoms with Crippen LogP contribution in [-0.4, -0.2) is 50.2 Å². The summed E-state index contributed by atoms with van der Waals surface area (Å²) in [6.07, 6.45) is 6.59. The third kappa shape index (κ3) is 2.09. The second-order valence-electron chi connectivity index (χ2n) is 6.77. The van der Waals surface area contributed by atoms with Gasteiger partial charge in [0.1, 0.15) is 5.76 Å². The number of amides is 1. The highest BCUT2D eigenvalue weighted by Crippen LogP contribution is 2.32. The number of ether oxygens (including phenoxy) is 1. The van der Waals surface area contributed by atoms with E-state index in [1.165, 1.54) is 0 Å². The number of piperidine rings is 1. The molecule has 2 aromatic heterocycles. The van der Waals surface area contributed by atoms with Crippen LogP contribution in [0, 0.1) is 0 Å². The van der Waals surface area contributed by atoms with Crippen LogP contribution in [0.5, 0.6) is 0 Å². The molecule has 0 saturated carbocycles. The number of carbonyl (C=O) groups excluding carboxylic acids is 1. The largest absolute Gasteiger partial charge is 0.370 e. The van der Waals surface area contributed by atoms with Gasteiger partial charge in [0.25, 0.3) is 5.91 Å². The van der Waals surface area contributed by atoms with E-state index in [2.05, 4.69) is 15.5 Å². The van der Waals surface area contributed by atoms with Gasteiger partial charge in [0, 0.05) is 25.1 Å². The Kier molecular flexibility index (Phi) is 3.19. The maximum Gasteiger partial charge on any atom is 0.276 e. The summed E-state index contributed by atoms with van der Waals surface area (Å²) in [6.45, 7) is 1.78. The fourth-order valence-corrected chi connectivity index (χ4v) is 4.07. The van der Waals surface area contributed by atoms with Crippen LogP contribution in [0.4, 0.5) is 0 Å². The topological polar surface area (TPSA) is 86.3 Å². The molecule has 1 amide bonds. The van der Waals surface area contributed by atoms with Crippen LogP contribution < -0.4 is 0 Å². The minimum Gasteiger partial charge on any atom is -0.370 e. The molecule has 0 spiro atoms. The summed E-state index contributed by atoms with van der Waals surface area (Å²) in [5.41, 5.74) is 2.47. The minimum atomic E-state index is -0.0346. The fraction of sp³-hybridized carbons (Fsp3) is 0.625. The van der Waals surface area contributed by atoms with E-state index < -0.39 is 0 Å². The average molecular weight is 329 g/mol. The van der Waals surface area contributed by atoms with E-state index in [4.69, 9.17) is 9.26 Å². The van der Waals surface area contributed by atoms with Crippen LogP contribution in [0.25, 0.3) is 0 Å². The molecule has 0 N–H and O–H groups in total. The van der Waals surface area contributed by atoms with Crippen molar-refractivity contribution < 1.29 is 14.1 Å². The molecule has 5 rings (SSSR count). The molecule has 0 aromatic carbocycles.